The van der Waals surface area contributed by atoms with Gasteiger partial charge in [-0.15, -0.1) is 0 Å². The number of ether oxygens (including phenoxy) is 11. The van der Waals surface area contributed by atoms with Crippen LogP contribution in [0.2, 0.25) is 0 Å². The van der Waals surface area contributed by atoms with E-state index in [1.54, 1.807) is 48.5 Å². The van der Waals surface area contributed by atoms with Gasteiger partial charge in [0.1, 0.15) is 31.0 Å². The summed E-state index contributed by atoms with van der Waals surface area (Å²) in [7, 11) is 0. The fraction of sp³-hybridized carbons (Fsp3) is 0.600. The molecule has 1 amide bonds. The van der Waals surface area contributed by atoms with Crippen molar-refractivity contribution in [3.05, 3.63) is 54.1 Å². The number of nitrogens with one attached hydrogen (secondary N) is 1. The first kappa shape index (κ1) is 42.0. The van der Waals surface area contributed by atoms with Crippen LogP contribution in [0.5, 0.6) is 11.5 Å². The number of amides is 1. The Morgan fingerprint density at radius 1 is 0.449 bits per heavy atom. The van der Waals surface area contributed by atoms with Gasteiger partial charge in [0, 0.05) is 18.2 Å². The second-order valence-electron chi connectivity index (χ2n) is 10.1. The SMILES string of the molecule is CC(=O)Nc1ccc(OCCOCCOCCOCCOCCOCCOCCOCCOCCOCCOc2ccc(C=O)cc2)cc1. The van der Waals surface area contributed by atoms with Gasteiger partial charge in [-0.1, -0.05) is 0 Å². The number of anilines is 1. The number of benzene rings is 2. The number of carbonyl (C=O) groups excluding carboxylic acids is 2. The summed E-state index contributed by atoms with van der Waals surface area (Å²) in [6.45, 7) is 11.0. The van der Waals surface area contributed by atoms with Gasteiger partial charge in [0.15, 0.2) is 0 Å². The van der Waals surface area contributed by atoms with E-state index < -0.39 is 0 Å². The molecular weight excluding hydrogens is 642 g/mol. The molecule has 1 N–H and O–H groups in total. The smallest absolute Gasteiger partial charge is 0.221 e. The molecule has 0 aliphatic carbocycles. The van der Waals surface area contributed by atoms with E-state index in [1.165, 1.54) is 6.92 Å². The van der Waals surface area contributed by atoms with Crippen molar-refractivity contribution in [3.63, 3.8) is 0 Å². The first-order valence-electron chi connectivity index (χ1n) is 16.6. The Labute approximate surface area is 289 Å². The molecule has 0 radical (unpaired) electrons. The summed E-state index contributed by atoms with van der Waals surface area (Å²) in [5.74, 6) is 1.30. The van der Waals surface area contributed by atoms with Crippen molar-refractivity contribution in [2.24, 2.45) is 0 Å². The van der Waals surface area contributed by atoms with Crippen LogP contribution in [-0.2, 0) is 47.4 Å². The van der Waals surface area contributed by atoms with Gasteiger partial charge in [-0.3, -0.25) is 9.59 Å². The molecule has 0 spiro atoms. The molecule has 0 aromatic heterocycles. The fourth-order valence-corrected chi connectivity index (χ4v) is 3.78. The van der Waals surface area contributed by atoms with Crippen LogP contribution in [-0.4, -0.2) is 144 Å². The predicted molar refractivity (Wildman–Crippen MR) is 181 cm³/mol. The number of hydrogen-bond donors (Lipinski definition) is 1. The van der Waals surface area contributed by atoms with Gasteiger partial charge in [0.2, 0.25) is 5.91 Å². The molecule has 0 aliphatic heterocycles. The quantitative estimate of drug-likeness (QED) is 0.0846. The van der Waals surface area contributed by atoms with Crippen LogP contribution in [0, 0.1) is 0 Å². The molecule has 0 unspecified atom stereocenters. The molecule has 0 saturated heterocycles. The van der Waals surface area contributed by atoms with Crippen molar-refractivity contribution >= 4 is 17.9 Å². The lowest BCUT2D eigenvalue weighted by Crippen LogP contribution is -2.15. The van der Waals surface area contributed by atoms with Crippen LogP contribution in [0.25, 0.3) is 0 Å². The van der Waals surface area contributed by atoms with Crippen molar-refractivity contribution in [2.45, 2.75) is 6.92 Å². The maximum Gasteiger partial charge on any atom is 0.221 e. The lowest BCUT2D eigenvalue weighted by Gasteiger charge is -2.09. The fourth-order valence-electron chi connectivity index (χ4n) is 3.78. The zero-order valence-electron chi connectivity index (χ0n) is 28.6. The molecule has 2 aromatic carbocycles. The van der Waals surface area contributed by atoms with Gasteiger partial charge in [-0.05, 0) is 48.5 Å². The van der Waals surface area contributed by atoms with E-state index in [0.29, 0.717) is 149 Å². The lowest BCUT2D eigenvalue weighted by molar-refractivity contribution is -0.114. The largest absolute Gasteiger partial charge is 0.491 e. The van der Waals surface area contributed by atoms with Gasteiger partial charge < -0.3 is 57.4 Å². The molecule has 0 aliphatic rings. The van der Waals surface area contributed by atoms with E-state index in [9.17, 15) is 9.59 Å². The first-order valence-corrected chi connectivity index (χ1v) is 16.6. The monoisotopic (exact) mass is 695 g/mol. The highest BCUT2D eigenvalue weighted by atomic mass is 16.6. The highest BCUT2D eigenvalue weighted by Crippen LogP contribution is 2.15. The Bertz CT molecular complexity index is 1060. The minimum Gasteiger partial charge on any atom is -0.491 e. The van der Waals surface area contributed by atoms with Crippen LogP contribution in [0.15, 0.2) is 48.5 Å². The second-order valence-corrected chi connectivity index (χ2v) is 10.1. The Morgan fingerprint density at radius 2 is 0.714 bits per heavy atom. The normalized spacial score (nSPS) is 11.0. The van der Waals surface area contributed by atoms with Gasteiger partial charge >= 0.3 is 0 Å². The zero-order chi connectivity index (χ0) is 34.9. The summed E-state index contributed by atoms with van der Waals surface area (Å²) >= 11 is 0. The molecule has 0 atom stereocenters. The number of rotatable bonds is 34. The summed E-state index contributed by atoms with van der Waals surface area (Å²) in [5.41, 5.74) is 1.34. The summed E-state index contributed by atoms with van der Waals surface area (Å²) in [6, 6.07) is 14.1. The van der Waals surface area contributed by atoms with E-state index in [4.69, 9.17) is 52.1 Å². The van der Waals surface area contributed by atoms with Gasteiger partial charge in [0.25, 0.3) is 0 Å². The first-order chi connectivity index (χ1) is 24.2. The van der Waals surface area contributed by atoms with E-state index in [1.807, 2.05) is 0 Å². The lowest BCUT2D eigenvalue weighted by atomic mass is 10.2. The van der Waals surface area contributed by atoms with Crippen molar-refractivity contribution in [1.29, 1.82) is 0 Å². The molecule has 14 nitrogen and oxygen atoms in total. The second kappa shape index (κ2) is 30.8. The average molecular weight is 696 g/mol. The highest BCUT2D eigenvalue weighted by molar-refractivity contribution is 5.88. The maximum absolute atomic E-state index is 11.0. The van der Waals surface area contributed by atoms with E-state index in [-0.39, 0.29) is 5.91 Å². The van der Waals surface area contributed by atoms with Crippen LogP contribution < -0.4 is 14.8 Å². The third-order valence-electron chi connectivity index (χ3n) is 6.16. The van der Waals surface area contributed by atoms with Gasteiger partial charge in [-0.25, -0.2) is 0 Å². The molecular formula is C35H53NO13. The summed E-state index contributed by atoms with van der Waals surface area (Å²) in [5, 5.41) is 2.71. The van der Waals surface area contributed by atoms with Crippen molar-refractivity contribution < 1.29 is 61.7 Å². The van der Waals surface area contributed by atoms with E-state index in [2.05, 4.69) is 5.32 Å². The number of aldehydes is 1. The molecule has 14 heteroatoms. The Hall–Kier alpha value is -3.18. The molecule has 0 saturated carbocycles. The van der Waals surface area contributed by atoms with E-state index >= 15 is 0 Å². The molecule has 0 bridgehead atoms. The van der Waals surface area contributed by atoms with Crippen molar-refractivity contribution in [2.75, 3.05) is 137 Å². The average Bonchev–Trinajstić information content (AvgIpc) is 3.11. The standard InChI is InChI=1S/C35H53NO13/c1-31(38)36-33-4-8-35(9-5-33)49-29-27-47-25-23-45-21-19-43-17-15-41-13-11-39-10-12-40-14-16-42-18-20-44-22-24-46-26-28-48-34-6-2-32(30-37)3-7-34/h2-9,30H,10-29H2,1H3,(H,36,38). The topological polar surface area (TPSA) is 148 Å². The molecule has 49 heavy (non-hydrogen) atoms. The van der Waals surface area contributed by atoms with Crippen LogP contribution in [0.3, 0.4) is 0 Å². The summed E-state index contributed by atoms with van der Waals surface area (Å²) in [4.78, 5) is 21.7. The third kappa shape index (κ3) is 25.5. The zero-order valence-corrected chi connectivity index (χ0v) is 28.6. The molecule has 0 fully saturated rings. The van der Waals surface area contributed by atoms with Crippen molar-refractivity contribution in [1.82, 2.24) is 0 Å². The summed E-state index contributed by atoms with van der Waals surface area (Å²) in [6.07, 6.45) is 0.796. The predicted octanol–water partition coefficient (Wildman–Crippen LogP) is 3.06. The molecule has 2 aromatic rings. The maximum atomic E-state index is 11.0. The van der Waals surface area contributed by atoms with Gasteiger partial charge in [-0.2, -0.15) is 0 Å². The molecule has 0 heterocycles. The van der Waals surface area contributed by atoms with Crippen LogP contribution >= 0.6 is 0 Å². The van der Waals surface area contributed by atoms with Gasteiger partial charge in [0.05, 0.1) is 119 Å². The minimum absolute atomic E-state index is 0.111. The third-order valence-corrected chi connectivity index (χ3v) is 6.16. The number of carbonyl (C=O) groups is 2. The van der Waals surface area contributed by atoms with Crippen molar-refractivity contribution in [3.8, 4) is 11.5 Å². The molecule has 276 valence electrons. The minimum atomic E-state index is -0.111. The number of hydrogen-bond acceptors (Lipinski definition) is 13. The Balaban J connectivity index is 1.17. The van der Waals surface area contributed by atoms with Crippen LogP contribution in [0.1, 0.15) is 17.3 Å². The summed E-state index contributed by atoms with van der Waals surface area (Å²) < 4.78 is 60.4. The Morgan fingerprint density at radius 3 is 0.980 bits per heavy atom. The van der Waals surface area contributed by atoms with Crippen LogP contribution in [0.4, 0.5) is 5.69 Å². The molecule has 2 rings (SSSR count). The highest BCUT2D eigenvalue weighted by Gasteiger charge is 1.99. The Kier molecular flexibility index (Phi) is 26.4. The van der Waals surface area contributed by atoms with E-state index in [0.717, 1.165) is 12.0 Å².